The minimum absolute atomic E-state index is 0.833. The highest BCUT2D eigenvalue weighted by Crippen LogP contribution is 2.34. The normalized spacial score (nSPS) is 16.0. The molecule has 0 spiro atoms. The largest absolute Gasteiger partial charge is 0.0907 e. The molecule has 0 nitrogen and oxygen atoms in total. The van der Waals surface area contributed by atoms with Gasteiger partial charge in [-0.2, -0.15) is 0 Å². The molecule has 0 aliphatic carbocycles. The predicted octanol–water partition coefficient (Wildman–Crippen LogP) is 4.75. The first-order valence-electron chi connectivity index (χ1n) is 5.02. The van der Waals surface area contributed by atoms with E-state index >= 15 is 0 Å². The van der Waals surface area contributed by atoms with Gasteiger partial charge in [-0.05, 0) is 12.8 Å². The lowest BCUT2D eigenvalue weighted by Crippen LogP contribution is -1.96. The van der Waals surface area contributed by atoms with E-state index in [9.17, 15) is 0 Å². The van der Waals surface area contributed by atoms with Crippen LogP contribution in [0.25, 0.3) is 0 Å². The molecule has 0 aliphatic rings. The molecule has 0 radical (unpaired) electrons. The maximum Gasteiger partial charge on any atom is 0.0123 e. The van der Waals surface area contributed by atoms with Crippen LogP contribution in [0.15, 0.2) is 0 Å². The molecule has 0 saturated heterocycles. The fraction of sp³-hybridized carbons (Fsp3) is 1.00. The van der Waals surface area contributed by atoms with E-state index in [1.54, 1.807) is 0 Å². The minimum atomic E-state index is 0.833. The number of hydrogen-bond donors (Lipinski definition) is 0. The topological polar surface area (TPSA) is 0 Å². The summed E-state index contributed by atoms with van der Waals surface area (Å²) in [5.74, 6) is 0. The van der Waals surface area contributed by atoms with Gasteiger partial charge >= 0.3 is 0 Å². The van der Waals surface area contributed by atoms with Crippen molar-refractivity contribution in [2.75, 3.05) is 0 Å². The summed E-state index contributed by atoms with van der Waals surface area (Å²) in [7, 11) is 4.13. The average Bonchev–Trinajstić information content (AvgIpc) is 2.02. The van der Waals surface area contributed by atoms with Crippen molar-refractivity contribution in [3.8, 4) is 0 Å². The second-order valence-corrected chi connectivity index (χ2v) is 6.54. The Hall–Kier alpha value is 0.700. The van der Waals surface area contributed by atoms with Crippen LogP contribution in [0.2, 0.25) is 0 Å². The van der Waals surface area contributed by atoms with E-state index in [0.29, 0.717) is 0 Å². The molecule has 0 saturated carbocycles. The summed E-state index contributed by atoms with van der Waals surface area (Å²) in [6, 6.07) is 0. The highest BCUT2D eigenvalue weighted by Gasteiger charge is 2.05. The number of rotatable bonds is 7. The van der Waals surface area contributed by atoms with Crippen LogP contribution in [0.3, 0.4) is 0 Å². The van der Waals surface area contributed by atoms with Crippen LogP contribution in [-0.2, 0) is 0 Å². The van der Waals surface area contributed by atoms with Crippen molar-refractivity contribution in [1.29, 1.82) is 0 Å². The van der Waals surface area contributed by atoms with Crippen LogP contribution in [0, 0.1) is 0 Å². The lowest BCUT2D eigenvalue weighted by atomic mass is 10.3. The zero-order chi connectivity index (χ0) is 9.40. The molecular formula is C10H22S2. The van der Waals surface area contributed by atoms with Crippen molar-refractivity contribution in [3.05, 3.63) is 0 Å². The summed E-state index contributed by atoms with van der Waals surface area (Å²) in [6.45, 7) is 9.19. The molecule has 2 atom stereocenters. The smallest absolute Gasteiger partial charge is 0.0123 e. The maximum atomic E-state index is 2.33. The molecule has 0 aliphatic heterocycles. The van der Waals surface area contributed by atoms with Crippen LogP contribution in [0.1, 0.15) is 53.4 Å². The van der Waals surface area contributed by atoms with Crippen molar-refractivity contribution in [2.45, 2.75) is 63.9 Å². The highest BCUT2D eigenvalue weighted by atomic mass is 33.1. The van der Waals surface area contributed by atoms with Crippen LogP contribution in [-0.4, -0.2) is 10.5 Å². The zero-order valence-electron chi connectivity index (χ0n) is 8.80. The van der Waals surface area contributed by atoms with Gasteiger partial charge in [-0.25, -0.2) is 0 Å². The predicted molar refractivity (Wildman–Crippen MR) is 63.9 cm³/mol. The Morgan fingerprint density at radius 1 is 0.833 bits per heavy atom. The van der Waals surface area contributed by atoms with Gasteiger partial charge in [-0.1, -0.05) is 62.1 Å². The third-order valence-corrected chi connectivity index (χ3v) is 5.32. The summed E-state index contributed by atoms with van der Waals surface area (Å²) < 4.78 is 0. The molecule has 74 valence electrons. The van der Waals surface area contributed by atoms with Crippen LogP contribution < -0.4 is 0 Å². The molecule has 0 fully saturated rings. The third kappa shape index (κ3) is 7.35. The second-order valence-electron chi connectivity index (χ2n) is 3.39. The first-order valence-corrected chi connectivity index (χ1v) is 7.30. The van der Waals surface area contributed by atoms with Gasteiger partial charge in [0.2, 0.25) is 0 Å². The quantitative estimate of drug-likeness (QED) is 0.552. The lowest BCUT2D eigenvalue weighted by molar-refractivity contribution is 0.785. The fourth-order valence-corrected chi connectivity index (χ4v) is 3.86. The van der Waals surface area contributed by atoms with Gasteiger partial charge in [0, 0.05) is 10.5 Å². The van der Waals surface area contributed by atoms with Gasteiger partial charge in [-0.15, -0.1) is 0 Å². The van der Waals surface area contributed by atoms with E-state index in [2.05, 4.69) is 49.3 Å². The molecular weight excluding hydrogens is 184 g/mol. The summed E-state index contributed by atoms with van der Waals surface area (Å²) in [5.41, 5.74) is 0. The summed E-state index contributed by atoms with van der Waals surface area (Å²) in [5, 5.41) is 1.67. The molecule has 0 aromatic rings. The second kappa shape index (κ2) is 8.31. The molecule has 0 rings (SSSR count). The Morgan fingerprint density at radius 3 is 1.42 bits per heavy atom. The summed E-state index contributed by atoms with van der Waals surface area (Å²) >= 11 is 0. The van der Waals surface area contributed by atoms with Crippen LogP contribution in [0.5, 0.6) is 0 Å². The molecule has 0 aromatic carbocycles. The lowest BCUT2D eigenvalue weighted by Gasteiger charge is -2.12. The minimum Gasteiger partial charge on any atom is -0.0907 e. The van der Waals surface area contributed by atoms with E-state index in [-0.39, 0.29) is 0 Å². The average molecular weight is 206 g/mol. The van der Waals surface area contributed by atoms with Gasteiger partial charge in [0.25, 0.3) is 0 Å². The Bertz CT molecular complexity index is 81.8. The van der Waals surface area contributed by atoms with Crippen molar-refractivity contribution in [1.82, 2.24) is 0 Å². The molecule has 0 N–H and O–H groups in total. The zero-order valence-corrected chi connectivity index (χ0v) is 10.4. The Labute approximate surface area is 85.7 Å². The van der Waals surface area contributed by atoms with E-state index in [0.717, 1.165) is 10.5 Å². The van der Waals surface area contributed by atoms with Crippen molar-refractivity contribution < 1.29 is 0 Å². The van der Waals surface area contributed by atoms with Gasteiger partial charge in [0.05, 0.1) is 0 Å². The van der Waals surface area contributed by atoms with E-state index < -0.39 is 0 Å². The van der Waals surface area contributed by atoms with Crippen molar-refractivity contribution in [3.63, 3.8) is 0 Å². The Balaban J connectivity index is 3.27. The first-order chi connectivity index (χ1) is 5.70. The van der Waals surface area contributed by atoms with Gasteiger partial charge in [-0.3, -0.25) is 0 Å². The Kier molecular flexibility index (Phi) is 8.79. The first kappa shape index (κ1) is 12.7. The van der Waals surface area contributed by atoms with Crippen LogP contribution in [0.4, 0.5) is 0 Å². The maximum absolute atomic E-state index is 2.33. The van der Waals surface area contributed by atoms with E-state index in [4.69, 9.17) is 0 Å². The van der Waals surface area contributed by atoms with Gasteiger partial charge < -0.3 is 0 Å². The summed E-state index contributed by atoms with van der Waals surface area (Å²) in [6.07, 6.45) is 5.35. The third-order valence-electron chi connectivity index (χ3n) is 1.77. The molecule has 0 heterocycles. The Morgan fingerprint density at radius 2 is 1.17 bits per heavy atom. The molecule has 0 amide bonds. The molecule has 2 unspecified atom stereocenters. The van der Waals surface area contributed by atoms with Gasteiger partial charge in [0.1, 0.15) is 0 Å². The standard InChI is InChI=1S/C10H22S2/c1-5-7-9(3)11-12-10(4)8-6-2/h9-10H,5-8H2,1-4H3. The van der Waals surface area contributed by atoms with Crippen LogP contribution >= 0.6 is 21.6 Å². The number of hydrogen-bond acceptors (Lipinski definition) is 2. The van der Waals surface area contributed by atoms with Gasteiger partial charge in [0.15, 0.2) is 0 Å². The summed E-state index contributed by atoms with van der Waals surface area (Å²) in [4.78, 5) is 0. The van der Waals surface area contributed by atoms with E-state index in [1.165, 1.54) is 25.7 Å². The van der Waals surface area contributed by atoms with Crippen molar-refractivity contribution >= 4 is 21.6 Å². The fourth-order valence-electron chi connectivity index (χ4n) is 1.10. The van der Waals surface area contributed by atoms with E-state index in [1.807, 2.05) is 0 Å². The SMILES string of the molecule is CCCC(C)SSC(C)CCC. The molecule has 12 heavy (non-hydrogen) atoms. The molecule has 0 aromatic heterocycles. The monoisotopic (exact) mass is 206 g/mol. The molecule has 0 bridgehead atoms. The highest BCUT2D eigenvalue weighted by molar-refractivity contribution is 8.77. The van der Waals surface area contributed by atoms with Crippen molar-refractivity contribution in [2.24, 2.45) is 0 Å². The molecule has 2 heteroatoms.